The first kappa shape index (κ1) is 12.5. The first-order chi connectivity index (χ1) is 7.34. The fourth-order valence-corrected chi connectivity index (χ4v) is 1.73. The molecule has 15 heavy (non-hydrogen) atoms. The topological polar surface area (TPSA) is 50.4 Å². The SMILES string of the molecule is CCOCCCNC(=O)[C@@H]1CCCCN1. The molecule has 1 saturated heterocycles. The number of amides is 1. The summed E-state index contributed by atoms with van der Waals surface area (Å²) in [6, 6.07) is 0.0332. The third kappa shape index (κ3) is 5.14. The van der Waals surface area contributed by atoms with Gasteiger partial charge in [-0.3, -0.25) is 4.79 Å². The van der Waals surface area contributed by atoms with Gasteiger partial charge in [0.2, 0.25) is 5.91 Å². The van der Waals surface area contributed by atoms with E-state index in [1.807, 2.05) is 6.92 Å². The quantitative estimate of drug-likeness (QED) is 0.639. The summed E-state index contributed by atoms with van der Waals surface area (Å²) in [4.78, 5) is 11.6. The number of nitrogens with one attached hydrogen (secondary N) is 2. The van der Waals surface area contributed by atoms with Crippen LogP contribution in [0.25, 0.3) is 0 Å². The minimum Gasteiger partial charge on any atom is -0.382 e. The average Bonchev–Trinajstić information content (AvgIpc) is 2.30. The summed E-state index contributed by atoms with van der Waals surface area (Å²) in [6.07, 6.45) is 4.21. The van der Waals surface area contributed by atoms with Crippen molar-refractivity contribution in [3.63, 3.8) is 0 Å². The van der Waals surface area contributed by atoms with Crippen molar-refractivity contribution in [2.75, 3.05) is 26.3 Å². The van der Waals surface area contributed by atoms with Crippen LogP contribution in [0.15, 0.2) is 0 Å². The van der Waals surface area contributed by atoms with Gasteiger partial charge in [-0.1, -0.05) is 6.42 Å². The molecule has 0 spiro atoms. The standard InChI is InChI=1S/C11H22N2O2/c1-2-15-9-5-8-13-11(14)10-6-3-4-7-12-10/h10,12H,2-9H2,1H3,(H,13,14)/t10-/m0/s1. The fraction of sp³-hybridized carbons (Fsp3) is 0.909. The predicted molar refractivity (Wildman–Crippen MR) is 59.8 cm³/mol. The van der Waals surface area contributed by atoms with Gasteiger partial charge in [-0.2, -0.15) is 0 Å². The Morgan fingerprint density at radius 1 is 1.53 bits per heavy atom. The molecule has 0 saturated carbocycles. The highest BCUT2D eigenvalue weighted by Gasteiger charge is 2.19. The van der Waals surface area contributed by atoms with Gasteiger partial charge < -0.3 is 15.4 Å². The molecule has 0 bridgehead atoms. The summed E-state index contributed by atoms with van der Waals surface area (Å²) in [5, 5.41) is 6.16. The molecule has 1 aliphatic rings. The van der Waals surface area contributed by atoms with Crippen molar-refractivity contribution >= 4 is 5.91 Å². The zero-order chi connectivity index (χ0) is 10.9. The van der Waals surface area contributed by atoms with Gasteiger partial charge in [0.05, 0.1) is 6.04 Å². The Labute approximate surface area is 91.8 Å². The van der Waals surface area contributed by atoms with Crippen molar-refractivity contribution in [3.8, 4) is 0 Å². The van der Waals surface area contributed by atoms with E-state index in [9.17, 15) is 4.79 Å². The highest BCUT2D eigenvalue weighted by Crippen LogP contribution is 2.06. The van der Waals surface area contributed by atoms with Crippen molar-refractivity contribution in [1.29, 1.82) is 0 Å². The minimum absolute atomic E-state index is 0.0332. The third-order valence-electron chi connectivity index (χ3n) is 2.60. The molecule has 0 aromatic rings. The molecule has 1 rings (SSSR count). The van der Waals surface area contributed by atoms with Crippen molar-refractivity contribution in [2.45, 2.75) is 38.6 Å². The molecule has 1 atom stereocenters. The van der Waals surface area contributed by atoms with Crippen molar-refractivity contribution in [2.24, 2.45) is 0 Å². The molecule has 4 nitrogen and oxygen atoms in total. The molecule has 88 valence electrons. The molecule has 0 aromatic carbocycles. The van der Waals surface area contributed by atoms with E-state index in [2.05, 4.69) is 10.6 Å². The van der Waals surface area contributed by atoms with Crippen LogP contribution >= 0.6 is 0 Å². The lowest BCUT2D eigenvalue weighted by molar-refractivity contribution is -0.123. The summed E-state index contributed by atoms with van der Waals surface area (Å²) in [5.41, 5.74) is 0. The smallest absolute Gasteiger partial charge is 0.237 e. The van der Waals surface area contributed by atoms with E-state index in [0.717, 1.165) is 45.6 Å². The molecule has 1 amide bonds. The van der Waals surface area contributed by atoms with E-state index in [-0.39, 0.29) is 11.9 Å². The molecule has 2 N–H and O–H groups in total. The maximum atomic E-state index is 11.6. The Morgan fingerprint density at radius 2 is 2.40 bits per heavy atom. The van der Waals surface area contributed by atoms with Gasteiger partial charge in [0.15, 0.2) is 0 Å². The van der Waals surface area contributed by atoms with Crippen molar-refractivity contribution < 1.29 is 9.53 Å². The first-order valence-corrected chi connectivity index (χ1v) is 5.93. The van der Waals surface area contributed by atoms with Crippen molar-refractivity contribution in [3.05, 3.63) is 0 Å². The molecular formula is C11H22N2O2. The van der Waals surface area contributed by atoms with Gasteiger partial charge in [-0.15, -0.1) is 0 Å². The van der Waals surface area contributed by atoms with Gasteiger partial charge in [0, 0.05) is 19.8 Å². The van der Waals surface area contributed by atoms with Crippen LogP contribution in [0.1, 0.15) is 32.6 Å². The molecule has 0 aliphatic carbocycles. The number of carbonyl (C=O) groups excluding carboxylic acids is 1. The van der Waals surface area contributed by atoms with Gasteiger partial charge in [-0.05, 0) is 32.7 Å². The second-order valence-electron chi connectivity index (χ2n) is 3.84. The highest BCUT2D eigenvalue weighted by atomic mass is 16.5. The van der Waals surface area contributed by atoms with Crippen LogP contribution in [0.3, 0.4) is 0 Å². The highest BCUT2D eigenvalue weighted by molar-refractivity contribution is 5.81. The van der Waals surface area contributed by atoms with E-state index in [1.165, 1.54) is 6.42 Å². The third-order valence-corrected chi connectivity index (χ3v) is 2.60. The summed E-state index contributed by atoms with van der Waals surface area (Å²) in [5.74, 6) is 0.145. The Bertz CT molecular complexity index is 179. The van der Waals surface area contributed by atoms with Crippen LogP contribution in [0.2, 0.25) is 0 Å². The molecule has 0 radical (unpaired) electrons. The average molecular weight is 214 g/mol. The van der Waals surface area contributed by atoms with E-state index >= 15 is 0 Å². The monoisotopic (exact) mass is 214 g/mol. The molecular weight excluding hydrogens is 192 g/mol. The van der Waals surface area contributed by atoms with Gasteiger partial charge >= 0.3 is 0 Å². The second kappa shape index (κ2) is 7.65. The zero-order valence-corrected chi connectivity index (χ0v) is 9.55. The number of hydrogen-bond donors (Lipinski definition) is 2. The van der Waals surface area contributed by atoms with E-state index in [4.69, 9.17) is 4.74 Å². The summed E-state index contributed by atoms with van der Waals surface area (Å²) >= 11 is 0. The number of hydrogen-bond acceptors (Lipinski definition) is 3. The largest absolute Gasteiger partial charge is 0.382 e. The maximum Gasteiger partial charge on any atom is 0.237 e. The number of piperidine rings is 1. The lowest BCUT2D eigenvalue weighted by atomic mass is 10.0. The van der Waals surface area contributed by atoms with Gasteiger partial charge in [-0.25, -0.2) is 0 Å². The van der Waals surface area contributed by atoms with E-state index in [1.54, 1.807) is 0 Å². The lowest BCUT2D eigenvalue weighted by Gasteiger charge is -2.22. The predicted octanol–water partition coefficient (Wildman–Crippen LogP) is 0.671. The number of carbonyl (C=O) groups is 1. The number of ether oxygens (including phenoxy) is 1. The number of rotatable bonds is 6. The fourth-order valence-electron chi connectivity index (χ4n) is 1.73. The normalized spacial score (nSPS) is 21.3. The molecule has 4 heteroatoms. The van der Waals surface area contributed by atoms with Crippen LogP contribution < -0.4 is 10.6 Å². The summed E-state index contributed by atoms with van der Waals surface area (Å²) in [7, 11) is 0. The van der Waals surface area contributed by atoms with Crippen LogP contribution in [0.4, 0.5) is 0 Å². The Hall–Kier alpha value is -0.610. The maximum absolute atomic E-state index is 11.6. The Morgan fingerprint density at radius 3 is 3.07 bits per heavy atom. The van der Waals surface area contributed by atoms with E-state index < -0.39 is 0 Å². The Kier molecular flexibility index (Phi) is 6.36. The van der Waals surface area contributed by atoms with Crippen LogP contribution in [-0.4, -0.2) is 38.3 Å². The van der Waals surface area contributed by atoms with E-state index in [0.29, 0.717) is 0 Å². The van der Waals surface area contributed by atoms with Crippen LogP contribution in [0, 0.1) is 0 Å². The molecule has 1 aliphatic heterocycles. The zero-order valence-electron chi connectivity index (χ0n) is 9.55. The second-order valence-corrected chi connectivity index (χ2v) is 3.84. The molecule has 1 heterocycles. The van der Waals surface area contributed by atoms with Gasteiger partial charge in [0.25, 0.3) is 0 Å². The summed E-state index contributed by atoms with van der Waals surface area (Å²) in [6.45, 7) is 5.14. The van der Waals surface area contributed by atoms with Crippen molar-refractivity contribution in [1.82, 2.24) is 10.6 Å². The lowest BCUT2D eigenvalue weighted by Crippen LogP contribution is -2.46. The molecule has 1 fully saturated rings. The Balaban J connectivity index is 2.02. The first-order valence-electron chi connectivity index (χ1n) is 5.93. The van der Waals surface area contributed by atoms with Crippen LogP contribution in [-0.2, 0) is 9.53 Å². The minimum atomic E-state index is 0.0332. The molecule has 0 unspecified atom stereocenters. The van der Waals surface area contributed by atoms with Gasteiger partial charge in [0.1, 0.15) is 0 Å². The van der Waals surface area contributed by atoms with Crippen LogP contribution in [0.5, 0.6) is 0 Å². The summed E-state index contributed by atoms with van der Waals surface area (Å²) < 4.78 is 5.19. The molecule has 0 aromatic heterocycles.